The van der Waals surface area contributed by atoms with Crippen LogP contribution in [0.25, 0.3) is 0 Å². The summed E-state index contributed by atoms with van der Waals surface area (Å²) in [5.74, 6) is -0.0502. The fourth-order valence-corrected chi connectivity index (χ4v) is 3.65. The van der Waals surface area contributed by atoms with Crippen molar-refractivity contribution in [2.45, 2.75) is 12.5 Å². The van der Waals surface area contributed by atoms with Gasteiger partial charge >= 0.3 is 12.0 Å². The van der Waals surface area contributed by atoms with Crippen molar-refractivity contribution in [2.24, 2.45) is 5.73 Å². The summed E-state index contributed by atoms with van der Waals surface area (Å²) in [6, 6.07) is 21.1. The summed E-state index contributed by atoms with van der Waals surface area (Å²) in [7, 11) is 1.51. The van der Waals surface area contributed by atoms with Gasteiger partial charge < -0.3 is 15.2 Å². The first-order valence-corrected chi connectivity index (χ1v) is 9.20. The summed E-state index contributed by atoms with van der Waals surface area (Å²) in [4.78, 5) is 26.7. The monoisotopic (exact) mass is 388 g/mol. The molecule has 29 heavy (non-hydrogen) atoms. The molecule has 3 aromatic carbocycles. The largest absolute Gasteiger partial charge is 0.496 e. The molecule has 0 aliphatic carbocycles. The van der Waals surface area contributed by atoms with Gasteiger partial charge in [0.15, 0.2) is 0 Å². The molecular formula is C23H20N2O4. The fraction of sp³-hybridized carbons (Fsp3) is 0.130. The predicted molar refractivity (Wildman–Crippen MR) is 109 cm³/mol. The molecule has 0 fully saturated rings. The van der Waals surface area contributed by atoms with Crippen molar-refractivity contribution in [3.8, 4) is 5.75 Å². The number of carbonyl (C=O) groups excluding carboxylic acids is 2. The van der Waals surface area contributed by atoms with Crippen molar-refractivity contribution in [2.75, 3.05) is 12.0 Å². The molecule has 1 aliphatic heterocycles. The van der Waals surface area contributed by atoms with Gasteiger partial charge in [0.25, 0.3) is 0 Å². The average Bonchev–Trinajstić information content (AvgIpc) is 2.88. The Balaban J connectivity index is 1.79. The van der Waals surface area contributed by atoms with Crippen LogP contribution in [-0.2, 0) is 11.2 Å². The molecule has 6 nitrogen and oxygen atoms in total. The molecule has 3 aromatic rings. The number of nitrogens with two attached hydrogens (primary N) is 1. The van der Waals surface area contributed by atoms with Crippen molar-refractivity contribution in [3.05, 3.63) is 89.5 Å². The summed E-state index contributed by atoms with van der Waals surface area (Å²) in [5.41, 5.74) is 8.91. The number of ether oxygens (including phenoxy) is 2. The quantitative estimate of drug-likeness (QED) is 0.676. The second-order valence-electron chi connectivity index (χ2n) is 6.66. The number of benzene rings is 3. The summed E-state index contributed by atoms with van der Waals surface area (Å²) in [5, 5.41) is 0. The average molecular weight is 388 g/mol. The Morgan fingerprint density at radius 1 is 0.931 bits per heavy atom. The number of nitrogens with zero attached hydrogens (tertiary/aromatic N) is 1. The summed E-state index contributed by atoms with van der Waals surface area (Å²) < 4.78 is 11.2. The highest BCUT2D eigenvalue weighted by Gasteiger charge is 2.31. The minimum absolute atomic E-state index is 0.344. The van der Waals surface area contributed by atoms with Gasteiger partial charge in [0, 0.05) is 12.0 Å². The van der Waals surface area contributed by atoms with Crippen LogP contribution in [0.4, 0.5) is 16.2 Å². The van der Waals surface area contributed by atoms with Crippen LogP contribution in [0.3, 0.4) is 0 Å². The zero-order chi connectivity index (χ0) is 20.4. The molecule has 0 unspecified atom stereocenters. The van der Waals surface area contributed by atoms with E-state index in [1.54, 1.807) is 30.3 Å². The number of hydrogen-bond donors (Lipinski definition) is 1. The second kappa shape index (κ2) is 7.67. The highest BCUT2D eigenvalue weighted by atomic mass is 16.5. The van der Waals surface area contributed by atoms with Gasteiger partial charge in [0.1, 0.15) is 17.4 Å². The number of para-hydroxylation sites is 3. The van der Waals surface area contributed by atoms with Crippen molar-refractivity contribution >= 4 is 23.4 Å². The van der Waals surface area contributed by atoms with E-state index in [-0.39, 0.29) is 0 Å². The van der Waals surface area contributed by atoms with Crippen LogP contribution in [0.2, 0.25) is 0 Å². The number of fused-ring (bicyclic) bond motifs is 2. The predicted octanol–water partition coefficient (Wildman–Crippen LogP) is 4.37. The number of amides is 2. The van der Waals surface area contributed by atoms with Crippen molar-refractivity contribution in [3.63, 3.8) is 0 Å². The molecule has 2 amide bonds. The van der Waals surface area contributed by atoms with Crippen LogP contribution < -0.4 is 15.4 Å². The third-order valence-electron chi connectivity index (χ3n) is 4.96. The van der Waals surface area contributed by atoms with E-state index in [0.717, 1.165) is 5.56 Å². The number of esters is 1. The number of urea groups is 1. The maximum absolute atomic E-state index is 12.9. The van der Waals surface area contributed by atoms with Crippen LogP contribution in [0, 0.1) is 0 Å². The van der Waals surface area contributed by atoms with Crippen molar-refractivity contribution < 1.29 is 19.1 Å². The normalized spacial score (nSPS) is 14.9. The van der Waals surface area contributed by atoms with Gasteiger partial charge in [0.2, 0.25) is 0 Å². The van der Waals surface area contributed by atoms with Crippen LogP contribution in [0.15, 0.2) is 72.8 Å². The first kappa shape index (κ1) is 18.6. The topological polar surface area (TPSA) is 81.9 Å². The lowest BCUT2D eigenvalue weighted by molar-refractivity contribution is 0.0297. The fourth-order valence-electron chi connectivity index (χ4n) is 3.65. The van der Waals surface area contributed by atoms with Gasteiger partial charge in [-0.05, 0) is 29.8 Å². The number of hydrogen-bond acceptors (Lipinski definition) is 4. The van der Waals surface area contributed by atoms with E-state index in [9.17, 15) is 9.59 Å². The van der Waals surface area contributed by atoms with E-state index in [1.807, 2.05) is 42.5 Å². The third-order valence-corrected chi connectivity index (χ3v) is 4.96. The maximum atomic E-state index is 12.9. The second-order valence-corrected chi connectivity index (χ2v) is 6.66. The molecule has 0 saturated heterocycles. The smallest absolute Gasteiger partial charge is 0.342 e. The molecule has 0 radical (unpaired) electrons. The van der Waals surface area contributed by atoms with E-state index >= 15 is 0 Å². The molecule has 0 spiro atoms. The molecular weight excluding hydrogens is 368 g/mol. The van der Waals surface area contributed by atoms with E-state index in [2.05, 4.69) is 0 Å². The number of primary amides is 1. The lowest BCUT2D eigenvalue weighted by atomic mass is 10.0. The number of carbonyl (C=O) groups is 2. The standard InChI is InChI=1S/C23H20N2O4/c1-28-20-13-7-4-10-17(20)22(26)29-21-14-15-8-2-5-11-18(15)25(23(24)27)19-12-6-3-9-16(19)21/h2-13,21H,14H2,1H3,(H2,24,27)/t21-/m1/s1. The van der Waals surface area contributed by atoms with E-state index in [1.165, 1.54) is 12.0 Å². The lowest BCUT2D eigenvalue weighted by Crippen LogP contribution is -2.32. The SMILES string of the molecule is COc1ccccc1C(=O)O[C@@H]1Cc2ccccc2N(C(N)=O)c2ccccc21. The molecule has 0 aromatic heterocycles. The summed E-state index contributed by atoms with van der Waals surface area (Å²) >= 11 is 0. The summed E-state index contributed by atoms with van der Waals surface area (Å²) in [6.45, 7) is 0. The molecule has 6 heteroatoms. The molecule has 4 rings (SSSR count). The molecule has 0 bridgehead atoms. The third kappa shape index (κ3) is 3.40. The Bertz CT molecular complexity index is 1080. The first-order valence-electron chi connectivity index (χ1n) is 9.20. The Labute approximate surface area is 168 Å². The van der Waals surface area contributed by atoms with Crippen molar-refractivity contribution in [1.82, 2.24) is 0 Å². The van der Waals surface area contributed by atoms with Gasteiger partial charge in [0.05, 0.1) is 18.5 Å². The molecule has 1 aliphatic rings. The minimum atomic E-state index is -0.596. The van der Waals surface area contributed by atoms with Gasteiger partial charge in [-0.2, -0.15) is 0 Å². The van der Waals surface area contributed by atoms with E-state index < -0.39 is 18.1 Å². The van der Waals surface area contributed by atoms with Gasteiger partial charge in [-0.1, -0.05) is 48.5 Å². The van der Waals surface area contributed by atoms with Crippen LogP contribution in [0.5, 0.6) is 5.75 Å². The number of rotatable bonds is 3. The van der Waals surface area contributed by atoms with E-state index in [4.69, 9.17) is 15.2 Å². The first-order chi connectivity index (χ1) is 14.1. The molecule has 0 saturated carbocycles. The van der Waals surface area contributed by atoms with Gasteiger partial charge in [-0.3, -0.25) is 4.90 Å². The van der Waals surface area contributed by atoms with Crippen molar-refractivity contribution in [1.29, 1.82) is 0 Å². The van der Waals surface area contributed by atoms with Crippen LogP contribution in [-0.4, -0.2) is 19.1 Å². The molecule has 1 atom stereocenters. The highest BCUT2D eigenvalue weighted by Crippen LogP contribution is 2.41. The zero-order valence-corrected chi connectivity index (χ0v) is 15.9. The number of methoxy groups -OCH3 is 1. The highest BCUT2D eigenvalue weighted by molar-refractivity contribution is 6.00. The summed E-state index contributed by atoms with van der Waals surface area (Å²) in [6.07, 6.45) is -0.174. The Morgan fingerprint density at radius 3 is 2.34 bits per heavy atom. The Morgan fingerprint density at radius 2 is 1.59 bits per heavy atom. The van der Waals surface area contributed by atoms with Crippen LogP contribution in [0.1, 0.15) is 27.6 Å². The van der Waals surface area contributed by atoms with Gasteiger partial charge in [-0.25, -0.2) is 9.59 Å². The lowest BCUT2D eigenvalue weighted by Gasteiger charge is -2.23. The molecule has 1 heterocycles. The zero-order valence-electron chi connectivity index (χ0n) is 15.9. The van der Waals surface area contributed by atoms with E-state index in [0.29, 0.717) is 34.7 Å². The number of anilines is 2. The molecule has 146 valence electrons. The Kier molecular flexibility index (Phi) is 4.91. The Hall–Kier alpha value is -3.80. The van der Waals surface area contributed by atoms with Gasteiger partial charge in [-0.15, -0.1) is 0 Å². The van der Waals surface area contributed by atoms with Crippen LogP contribution >= 0.6 is 0 Å². The minimum Gasteiger partial charge on any atom is -0.496 e. The maximum Gasteiger partial charge on any atom is 0.342 e. The molecule has 2 N–H and O–H groups in total.